The third-order valence-corrected chi connectivity index (χ3v) is 3.74. The molecule has 0 spiro atoms. The van der Waals surface area contributed by atoms with Gasteiger partial charge in [-0.25, -0.2) is 4.79 Å². The number of fused-ring (bicyclic) bond motifs is 1. The number of likely N-dealkylation sites (N-methyl/N-ethyl adjacent to an activating group) is 2. The molecule has 0 aliphatic rings. The number of rotatable bonds is 6. The summed E-state index contributed by atoms with van der Waals surface area (Å²) in [5.74, 6) is -0.729. The number of carbonyl (C=O) groups is 3. The first-order chi connectivity index (χ1) is 12.0. The van der Waals surface area contributed by atoms with Crippen LogP contribution in [0.5, 0.6) is 5.75 Å². The van der Waals surface area contributed by atoms with Gasteiger partial charge in [-0.3, -0.25) is 9.59 Å². The minimum absolute atomic E-state index is 0.0989. The Bertz CT molecular complexity index is 803. The zero-order valence-electron chi connectivity index (χ0n) is 14.4. The largest absolute Gasteiger partial charge is 0.496 e. The molecule has 2 amide bonds. The molecule has 2 aromatic rings. The SMILES string of the molecule is CNC(=O)CN(C)C(=O)COC(=O)c1ccc(OC)c2ccccc12. The standard InChI is InChI=1S/C18H20N2O5/c1-19-16(21)10-20(2)17(22)11-25-18(23)14-8-9-15(24-3)13-7-5-4-6-12(13)14/h4-9H,10-11H2,1-3H3,(H,19,21). The van der Waals surface area contributed by atoms with Gasteiger partial charge in [0.05, 0.1) is 19.2 Å². The molecule has 7 heteroatoms. The highest BCUT2D eigenvalue weighted by Crippen LogP contribution is 2.28. The Morgan fingerprint density at radius 2 is 1.76 bits per heavy atom. The van der Waals surface area contributed by atoms with Crippen molar-refractivity contribution >= 4 is 28.6 Å². The minimum Gasteiger partial charge on any atom is -0.496 e. The van der Waals surface area contributed by atoms with Crippen LogP contribution >= 0.6 is 0 Å². The van der Waals surface area contributed by atoms with E-state index >= 15 is 0 Å². The predicted molar refractivity (Wildman–Crippen MR) is 92.5 cm³/mol. The molecule has 0 bridgehead atoms. The van der Waals surface area contributed by atoms with E-state index in [1.807, 2.05) is 12.1 Å². The van der Waals surface area contributed by atoms with Gasteiger partial charge in [-0.1, -0.05) is 24.3 Å². The molecule has 25 heavy (non-hydrogen) atoms. The van der Waals surface area contributed by atoms with Crippen molar-refractivity contribution in [2.75, 3.05) is 34.4 Å². The van der Waals surface area contributed by atoms with E-state index in [9.17, 15) is 14.4 Å². The van der Waals surface area contributed by atoms with E-state index in [1.54, 1.807) is 31.4 Å². The van der Waals surface area contributed by atoms with Gasteiger partial charge in [0.2, 0.25) is 5.91 Å². The van der Waals surface area contributed by atoms with Gasteiger partial charge >= 0.3 is 5.97 Å². The van der Waals surface area contributed by atoms with Crippen LogP contribution in [0.4, 0.5) is 0 Å². The maximum Gasteiger partial charge on any atom is 0.339 e. The monoisotopic (exact) mass is 344 g/mol. The summed E-state index contributed by atoms with van der Waals surface area (Å²) in [6, 6.07) is 10.6. The van der Waals surface area contributed by atoms with E-state index in [4.69, 9.17) is 9.47 Å². The number of esters is 1. The Labute approximate surface area is 145 Å². The molecule has 0 aliphatic heterocycles. The normalized spacial score (nSPS) is 10.2. The van der Waals surface area contributed by atoms with Gasteiger partial charge in [0.15, 0.2) is 6.61 Å². The Kier molecular flexibility index (Phi) is 5.94. The second-order valence-electron chi connectivity index (χ2n) is 5.36. The molecule has 0 atom stereocenters. The fourth-order valence-corrected chi connectivity index (χ4v) is 2.33. The van der Waals surface area contributed by atoms with Crippen LogP contribution in [0.15, 0.2) is 36.4 Å². The van der Waals surface area contributed by atoms with E-state index in [0.717, 1.165) is 5.39 Å². The van der Waals surface area contributed by atoms with Gasteiger partial charge in [0.25, 0.3) is 5.91 Å². The number of methoxy groups -OCH3 is 1. The maximum absolute atomic E-state index is 12.4. The minimum atomic E-state index is -0.611. The summed E-state index contributed by atoms with van der Waals surface area (Å²) >= 11 is 0. The lowest BCUT2D eigenvalue weighted by Gasteiger charge is -2.16. The molecule has 0 fully saturated rings. The summed E-state index contributed by atoms with van der Waals surface area (Å²) in [7, 11) is 4.50. The molecule has 0 aromatic heterocycles. The summed E-state index contributed by atoms with van der Waals surface area (Å²) in [4.78, 5) is 36.8. The first-order valence-corrected chi connectivity index (χ1v) is 7.65. The van der Waals surface area contributed by atoms with Gasteiger partial charge < -0.3 is 19.7 Å². The molecule has 0 saturated heterocycles. The smallest absolute Gasteiger partial charge is 0.339 e. The Morgan fingerprint density at radius 1 is 1.08 bits per heavy atom. The molecule has 2 rings (SSSR count). The van der Waals surface area contributed by atoms with E-state index in [0.29, 0.717) is 16.7 Å². The highest BCUT2D eigenvalue weighted by molar-refractivity contribution is 6.06. The zero-order valence-corrected chi connectivity index (χ0v) is 14.4. The van der Waals surface area contributed by atoms with E-state index in [2.05, 4.69) is 5.32 Å². The Hall–Kier alpha value is -3.09. The molecule has 1 N–H and O–H groups in total. The Morgan fingerprint density at radius 3 is 2.40 bits per heavy atom. The summed E-state index contributed by atoms with van der Waals surface area (Å²) in [6.07, 6.45) is 0. The fraction of sp³-hybridized carbons (Fsp3) is 0.278. The van der Waals surface area contributed by atoms with E-state index in [-0.39, 0.29) is 12.5 Å². The molecule has 0 aliphatic carbocycles. The van der Waals surface area contributed by atoms with Crippen molar-refractivity contribution in [2.24, 2.45) is 0 Å². The van der Waals surface area contributed by atoms with Crippen LogP contribution in [0.3, 0.4) is 0 Å². The molecule has 7 nitrogen and oxygen atoms in total. The number of hydrogen-bond acceptors (Lipinski definition) is 5. The fourth-order valence-electron chi connectivity index (χ4n) is 2.33. The number of benzene rings is 2. The summed E-state index contributed by atoms with van der Waals surface area (Å²) in [5.41, 5.74) is 0.346. The third-order valence-electron chi connectivity index (χ3n) is 3.74. The second-order valence-corrected chi connectivity index (χ2v) is 5.36. The van der Waals surface area contributed by atoms with Crippen molar-refractivity contribution in [2.45, 2.75) is 0 Å². The lowest BCUT2D eigenvalue weighted by molar-refractivity contribution is -0.137. The van der Waals surface area contributed by atoms with Crippen LogP contribution < -0.4 is 10.1 Å². The Balaban J connectivity index is 2.10. The number of amides is 2. The second kappa shape index (κ2) is 8.14. The molecule has 0 heterocycles. The lowest BCUT2D eigenvalue weighted by atomic mass is 10.0. The number of ether oxygens (including phenoxy) is 2. The van der Waals surface area contributed by atoms with Crippen LogP contribution in [0.25, 0.3) is 10.8 Å². The van der Waals surface area contributed by atoms with Crippen molar-refractivity contribution in [3.63, 3.8) is 0 Å². The number of hydrogen-bond donors (Lipinski definition) is 1. The van der Waals surface area contributed by atoms with E-state index in [1.165, 1.54) is 19.0 Å². The molecule has 0 unspecified atom stereocenters. The molecule has 2 aromatic carbocycles. The van der Waals surface area contributed by atoms with Crippen LogP contribution in [-0.4, -0.2) is 57.0 Å². The molecule has 0 radical (unpaired) electrons. The zero-order chi connectivity index (χ0) is 18.4. The summed E-state index contributed by atoms with van der Waals surface area (Å²) < 4.78 is 10.4. The molecular formula is C18H20N2O5. The van der Waals surface area contributed by atoms with E-state index < -0.39 is 18.5 Å². The molecule has 0 saturated carbocycles. The van der Waals surface area contributed by atoms with Crippen LogP contribution in [0.1, 0.15) is 10.4 Å². The van der Waals surface area contributed by atoms with Crippen molar-refractivity contribution in [3.8, 4) is 5.75 Å². The van der Waals surface area contributed by atoms with Crippen LogP contribution in [0.2, 0.25) is 0 Å². The molecular weight excluding hydrogens is 324 g/mol. The van der Waals surface area contributed by atoms with Crippen molar-refractivity contribution in [1.82, 2.24) is 10.2 Å². The average Bonchev–Trinajstić information content (AvgIpc) is 2.64. The number of carbonyl (C=O) groups excluding carboxylic acids is 3. The highest BCUT2D eigenvalue weighted by Gasteiger charge is 2.17. The quantitative estimate of drug-likeness (QED) is 0.796. The van der Waals surface area contributed by atoms with Gasteiger partial charge in [0, 0.05) is 19.5 Å². The highest BCUT2D eigenvalue weighted by atomic mass is 16.5. The van der Waals surface area contributed by atoms with Gasteiger partial charge in [-0.2, -0.15) is 0 Å². The van der Waals surface area contributed by atoms with Gasteiger partial charge in [-0.15, -0.1) is 0 Å². The maximum atomic E-state index is 12.4. The van der Waals surface area contributed by atoms with Crippen molar-refractivity contribution in [3.05, 3.63) is 42.0 Å². The van der Waals surface area contributed by atoms with Crippen molar-refractivity contribution < 1.29 is 23.9 Å². The lowest BCUT2D eigenvalue weighted by Crippen LogP contribution is -2.39. The first kappa shape index (κ1) is 18.3. The summed E-state index contributed by atoms with van der Waals surface area (Å²) in [5, 5.41) is 3.88. The summed E-state index contributed by atoms with van der Waals surface area (Å²) in [6.45, 7) is -0.537. The third kappa shape index (κ3) is 4.26. The number of nitrogens with zero attached hydrogens (tertiary/aromatic N) is 1. The van der Waals surface area contributed by atoms with Gasteiger partial charge in [-0.05, 0) is 17.5 Å². The van der Waals surface area contributed by atoms with Crippen molar-refractivity contribution in [1.29, 1.82) is 0 Å². The molecule has 132 valence electrons. The van der Waals surface area contributed by atoms with Crippen LogP contribution in [-0.2, 0) is 14.3 Å². The topological polar surface area (TPSA) is 84.9 Å². The van der Waals surface area contributed by atoms with Crippen LogP contribution in [0, 0.1) is 0 Å². The first-order valence-electron chi connectivity index (χ1n) is 7.65. The number of nitrogens with one attached hydrogen (secondary N) is 1. The predicted octanol–water partition coefficient (Wildman–Crippen LogP) is 1.21. The van der Waals surface area contributed by atoms with Gasteiger partial charge in [0.1, 0.15) is 5.75 Å². The average molecular weight is 344 g/mol.